The maximum atomic E-state index is 14.4. The molecule has 0 spiro atoms. The molecular weight excluding hydrogens is 295 g/mol. The van der Waals surface area contributed by atoms with Crippen molar-refractivity contribution in [3.05, 3.63) is 29.6 Å². The Hall–Kier alpha value is -1.66. The van der Waals surface area contributed by atoms with E-state index in [1.54, 1.807) is 12.1 Å². The molecule has 0 radical (unpaired) electrons. The molecule has 1 aromatic rings. The fraction of sp³-hybridized carbons (Fsp3) is 0.588. The Labute approximate surface area is 137 Å². The van der Waals surface area contributed by atoms with Gasteiger partial charge in [0.1, 0.15) is 5.82 Å². The number of hydrogen-bond donors (Lipinski definition) is 2. The smallest absolute Gasteiger partial charge is 0.251 e. The van der Waals surface area contributed by atoms with Crippen molar-refractivity contribution in [1.29, 1.82) is 0 Å². The highest BCUT2D eigenvalue weighted by molar-refractivity contribution is 5.94. The lowest BCUT2D eigenvalue weighted by atomic mass is 10.1. The molecule has 1 heterocycles. The minimum atomic E-state index is -0.329. The summed E-state index contributed by atoms with van der Waals surface area (Å²) in [5, 5.41) is 5.85. The van der Waals surface area contributed by atoms with Crippen LogP contribution in [0.1, 0.15) is 24.2 Å². The van der Waals surface area contributed by atoms with E-state index in [9.17, 15) is 9.18 Å². The molecule has 1 atom stereocenters. The first-order valence-corrected chi connectivity index (χ1v) is 8.27. The molecule has 2 rings (SSSR count). The van der Waals surface area contributed by atoms with Gasteiger partial charge in [0.2, 0.25) is 0 Å². The number of halogens is 1. The third kappa shape index (κ3) is 4.65. The second kappa shape index (κ2) is 8.26. The number of hydrogen-bond acceptors (Lipinski definition) is 4. The average Bonchev–Trinajstić information content (AvgIpc) is 2.59. The zero-order valence-corrected chi connectivity index (χ0v) is 14.2. The summed E-state index contributed by atoms with van der Waals surface area (Å²) in [6.45, 7) is 9.17. The van der Waals surface area contributed by atoms with Crippen molar-refractivity contribution in [3.63, 3.8) is 0 Å². The molecule has 1 aromatic carbocycles. The normalized spacial score (nSPS) is 17.1. The summed E-state index contributed by atoms with van der Waals surface area (Å²) in [5.74, 6) is -0.572. The van der Waals surface area contributed by atoms with Gasteiger partial charge >= 0.3 is 0 Å². The van der Waals surface area contributed by atoms with Crippen molar-refractivity contribution >= 4 is 11.6 Å². The van der Waals surface area contributed by atoms with Gasteiger partial charge in [0.05, 0.1) is 5.69 Å². The summed E-state index contributed by atoms with van der Waals surface area (Å²) in [6.07, 6.45) is 0. The minimum absolute atomic E-state index is 0.179. The molecule has 1 amide bonds. The summed E-state index contributed by atoms with van der Waals surface area (Å²) in [4.78, 5) is 16.5. The molecule has 1 aliphatic heterocycles. The lowest BCUT2D eigenvalue weighted by Crippen LogP contribution is -2.46. The number of carbonyl (C=O) groups excluding carboxylic acids is 1. The number of rotatable bonds is 6. The molecule has 23 heavy (non-hydrogen) atoms. The first kappa shape index (κ1) is 17.7. The largest absolute Gasteiger partial charge is 0.367 e. The number of benzene rings is 1. The van der Waals surface area contributed by atoms with E-state index in [1.165, 1.54) is 6.07 Å². The molecule has 1 unspecified atom stereocenters. The van der Waals surface area contributed by atoms with Crippen LogP contribution in [-0.4, -0.2) is 63.2 Å². The fourth-order valence-electron chi connectivity index (χ4n) is 2.66. The molecule has 0 bridgehead atoms. The lowest BCUT2D eigenvalue weighted by Gasteiger charge is -2.35. The van der Waals surface area contributed by atoms with Gasteiger partial charge in [-0.25, -0.2) is 4.39 Å². The molecule has 6 heteroatoms. The van der Waals surface area contributed by atoms with Gasteiger partial charge in [0.15, 0.2) is 0 Å². The van der Waals surface area contributed by atoms with Gasteiger partial charge in [-0.2, -0.15) is 0 Å². The van der Waals surface area contributed by atoms with Gasteiger partial charge in [0.25, 0.3) is 5.91 Å². The lowest BCUT2D eigenvalue weighted by molar-refractivity contribution is 0.0950. The SMILES string of the molecule is CCN1CCN(c2ccc(C(=O)NCC(C)NC)cc2F)CC1. The molecule has 2 N–H and O–H groups in total. The monoisotopic (exact) mass is 322 g/mol. The van der Waals surface area contributed by atoms with Crippen LogP contribution < -0.4 is 15.5 Å². The predicted molar refractivity (Wildman–Crippen MR) is 91.6 cm³/mol. The minimum Gasteiger partial charge on any atom is -0.367 e. The quantitative estimate of drug-likeness (QED) is 0.829. The second-order valence-corrected chi connectivity index (χ2v) is 5.99. The number of amides is 1. The Morgan fingerprint density at radius 3 is 2.57 bits per heavy atom. The summed E-state index contributed by atoms with van der Waals surface area (Å²) >= 11 is 0. The van der Waals surface area contributed by atoms with Gasteiger partial charge in [0, 0.05) is 44.3 Å². The van der Waals surface area contributed by atoms with E-state index in [4.69, 9.17) is 0 Å². The number of nitrogens with one attached hydrogen (secondary N) is 2. The zero-order chi connectivity index (χ0) is 16.8. The summed E-state index contributed by atoms with van der Waals surface area (Å²) < 4.78 is 14.4. The van der Waals surface area contributed by atoms with E-state index >= 15 is 0 Å². The van der Waals surface area contributed by atoms with Gasteiger partial charge in [-0.15, -0.1) is 0 Å². The van der Waals surface area contributed by atoms with E-state index in [-0.39, 0.29) is 17.8 Å². The van der Waals surface area contributed by atoms with Gasteiger partial charge in [-0.05, 0) is 38.7 Å². The van der Waals surface area contributed by atoms with Crippen molar-refractivity contribution in [2.24, 2.45) is 0 Å². The Morgan fingerprint density at radius 2 is 2.00 bits per heavy atom. The van der Waals surface area contributed by atoms with Crippen molar-refractivity contribution in [2.45, 2.75) is 19.9 Å². The van der Waals surface area contributed by atoms with Crippen LogP contribution in [0.15, 0.2) is 18.2 Å². The van der Waals surface area contributed by atoms with Crippen LogP contribution in [0.4, 0.5) is 10.1 Å². The molecule has 0 saturated carbocycles. The van der Waals surface area contributed by atoms with Crippen molar-refractivity contribution < 1.29 is 9.18 Å². The maximum absolute atomic E-state index is 14.4. The first-order chi connectivity index (χ1) is 11.0. The van der Waals surface area contributed by atoms with E-state index in [0.29, 0.717) is 17.8 Å². The second-order valence-electron chi connectivity index (χ2n) is 5.99. The molecule has 5 nitrogen and oxygen atoms in total. The van der Waals surface area contributed by atoms with Crippen LogP contribution >= 0.6 is 0 Å². The molecule has 1 saturated heterocycles. The molecular formula is C17H27FN4O. The molecule has 1 aliphatic rings. The zero-order valence-electron chi connectivity index (χ0n) is 14.2. The molecule has 128 valence electrons. The van der Waals surface area contributed by atoms with Crippen LogP contribution in [0.25, 0.3) is 0 Å². The van der Waals surface area contributed by atoms with Crippen molar-refractivity contribution in [2.75, 3.05) is 51.2 Å². The van der Waals surface area contributed by atoms with Crippen LogP contribution in [0.2, 0.25) is 0 Å². The summed E-state index contributed by atoms with van der Waals surface area (Å²) in [5.41, 5.74) is 0.947. The highest BCUT2D eigenvalue weighted by atomic mass is 19.1. The van der Waals surface area contributed by atoms with Gasteiger partial charge in [-0.1, -0.05) is 6.92 Å². The molecule has 0 aromatic heterocycles. The standard InChI is InChI=1S/C17H27FN4O/c1-4-21-7-9-22(10-8-21)16-6-5-14(11-15(16)18)17(23)20-12-13(2)19-3/h5-6,11,13,19H,4,7-10,12H2,1-3H3,(H,20,23). The highest BCUT2D eigenvalue weighted by Gasteiger charge is 2.19. The Kier molecular flexibility index (Phi) is 6.36. The van der Waals surface area contributed by atoms with E-state index in [2.05, 4.69) is 22.5 Å². The van der Waals surface area contributed by atoms with Crippen LogP contribution in [0.3, 0.4) is 0 Å². The van der Waals surface area contributed by atoms with Gasteiger partial charge < -0.3 is 20.4 Å². The van der Waals surface area contributed by atoms with E-state index < -0.39 is 0 Å². The average molecular weight is 322 g/mol. The number of nitrogens with zero attached hydrogens (tertiary/aromatic N) is 2. The Morgan fingerprint density at radius 1 is 1.30 bits per heavy atom. The maximum Gasteiger partial charge on any atom is 0.251 e. The first-order valence-electron chi connectivity index (χ1n) is 8.27. The topological polar surface area (TPSA) is 47.6 Å². The van der Waals surface area contributed by atoms with E-state index in [0.717, 1.165) is 32.7 Å². The predicted octanol–water partition coefficient (Wildman–Crippen LogP) is 1.31. The fourth-order valence-corrected chi connectivity index (χ4v) is 2.66. The summed E-state index contributed by atoms with van der Waals surface area (Å²) in [6, 6.07) is 4.93. The third-order valence-electron chi connectivity index (χ3n) is 4.43. The van der Waals surface area contributed by atoms with Gasteiger partial charge in [-0.3, -0.25) is 4.79 Å². The number of likely N-dealkylation sites (N-methyl/N-ethyl adjacent to an activating group) is 2. The third-order valence-corrected chi connectivity index (χ3v) is 4.43. The number of piperazine rings is 1. The van der Waals surface area contributed by atoms with Crippen LogP contribution in [0, 0.1) is 5.82 Å². The Balaban J connectivity index is 1.99. The highest BCUT2D eigenvalue weighted by Crippen LogP contribution is 2.22. The summed E-state index contributed by atoms with van der Waals surface area (Å²) in [7, 11) is 1.84. The van der Waals surface area contributed by atoms with Crippen molar-refractivity contribution in [3.8, 4) is 0 Å². The van der Waals surface area contributed by atoms with Crippen molar-refractivity contribution in [1.82, 2.24) is 15.5 Å². The Bertz CT molecular complexity index is 529. The molecule has 1 fully saturated rings. The van der Waals surface area contributed by atoms with E-state index in [1.807, 2.05) is 18.9 Å². The van der Waals surface area contributed by atoms with Crippen LogP contribution in [-0.2, 0) is 0 Å². The van der Waals surface area contributed by atoms with Crippen LogP contribution in [0.5, 0.6) is 0 Å². The number of anilines is 1. The number of carbonyl (C=O) groups is 1. The molecule has 0 aliphatic carbocycles.